The van der Waals surface area contributed by atoms with Gasteiger partial charge in [-0.15, -0.1) is 0 Å². The van der Waals surface area contributed by atoms with Crippen LogP contribution in [0.25, 0.3) is 0 Å². The van der Waals surface area contributed by atoms with Crippen LogP contribution < -0.4 is 0 Å². The van der Waals surface area contributed by atoms with Crippen LogP contribution in [0.3, 0.4) is 0 Å². The number of rotatable bonds is 36. The fourth-order valence-electron chi connectivity index (χ4n) is 5.82. The number of carbonyl (C=O) groups excluding carboxylic acids is 1. The van der Waals surface area contributed by atoms with E-state index in [4.69, 9.17) is 20.1 Å². The van der Waals surface area contributed by atoms with E-state index in [1.54, 1.807) is 0 Å². The Morgan fingerprint density at radius 2 is 0.643 bits per heavy atom. The molecule has 0 aliphatic heterocycles. The van der Waals surface area contributed by atoms with Crippen LogP contribution in [0.4, 0.5) is 0 Å². The molecule has 5 nitrogen and oxygen atoms in total. The second-order valence-corrected chi connectivity index (χ2v) is 13.0. The third-order valence-electron chi connectivity index (χ3n) is 8.69. The molecule has 42 heavy (non-hydrogen) atoms. The fourth-order valence-corrected chi connectivity index (χ4v) is 5.82. The van der Waals surface area contributed by atoms with Gasteiger partial charge in [-0.1, -0.05) is 186 Å². The lowest BCUT2D eigenvalue weighted by Crippen LogP contribution is -2.21. The largest absolute Gasteiger partial charge is 0.463 e. The molecule has 252 valence electrons. The first kappa shape index (κ1) is 41.4. The average molecular weight is 599 g/mol. The van der Waals surface area contributed by atoms with Crippen molar-refractivity contribution in [2.75, 3.05) is 19.8 Å². The maximum atomic E-state index is 11.5. The molecule has 0 aromatic rings. The van der Waals surface area contributed by atoms with Gasteiger partial charge in [-0.2, -0.15) is 0 Å². The lowest BCUT2D eigenvalue weighted by molar-refractivity contribution is -0.147. The van der Waals surface area contributed by atoms with E-state index in [1.165, 1.54) is 180 Å². The van der Waals surface area contributed by atoms with Crippen molar-refractivity contribution in [3.05, 3.63) is 0 Å². The van der Waals surface area contributed by atoms with Gasteiger partial charge in [-0.05, 0) is 12.8 Å². The Balaban J connectivity index is 3.09. The highest BCUT2D eigenvalue weighted by molar-refractivity contribution is 5.69. The van der Waals surface area contributed by atoms with E-state index in [1.807, 2.05) is 0 Å². The molecule has 5 heteroatoms. The molecule has 0 heterocycles. The first-order chi connectivity index (χ1) is 20.7. The van der Waals surface area contributed by atoms with Crippen molar-refractivity contribution >= 4 is 5.97 Å². The smallest absolute Gasteiger partial charge is 0.305 e. The number of hydrogen-bond acceptors (Lipinski definition) is 5. The molecule has 0 saturated carbocycles. The summed E-state index contributed by atoms with van der Waals surface area (Å²) in [6.45, 7) is -0.113. The molecule has 1 unspecified atom stereocenters. The zero-order valence-corrected chi connectivity index (χ0v) is 28.0. The first-order valence-corrected chi connectivity index (χ1v) is 18.8. The van der Waals surface area contributed by atoms with Crippen molar-refractivity contribution in [2.45, 2.75) is 212 Å². The van der Waals surface area contributed by atoms with E-state index in [2.05, 4.69) is 0 Å². The van der Waals surface area contributed by atoms with E-state index in [-0.39, 0.29) is 19.2 Å². The summed E-state index contributed by atoms with van der Waals surface area (Å²) in [6, 6.07) is 0. The van der Waals surface area contributed by atoms with E-state index in [9.17, 15) is 4.79 Å². The van der Waals surface area contributed by atoms with Crippen LogP contribution in [0.5, 0.6) is 0 Å². The van der Waals surface area contributed by atoms with Gasteiger partial charge in [0.05, 0.1) is 6.61 Å². The molecule has 0 rings (SSSR count). The summed E-state index contributed by atoms with van der Waals surface area (Å²) in [5.74, 6) is -0.274. The van der Waals surface area contributed by atoms with Gasteiger partial charge in [0.2, 0.25) is 0 Å². The minimum atomic E-state index is -0.959. The zero-order chi connectivity index (χ0) is 30.6. The molecule has 0 radical (unpaired) electrons. The maximum Gasteiger partial charge on any atom is 0.305 e. The van der Waals surface area contributed by atoms with Gasteiger partial charge >= 0.3 is 5.97 Å². The number of aliphatic hydroxyl groups is 3. The zero-order valence-electron chi connectivity index (χ0n) is 28.0. The normalized spacial score (nSPS) is 12.2. The number of ether oxygens (including phenoxy) is 1. The summed E-state index contributed by atoms with van der Waals surface area (Å²) >= 11 is 0. The molecule has 0 aromatic heterocycles. The number of carbonyl (C=O) groups is 1. The van der Waals surface area contributed by atoms with Gasteiger partial charge in [0, 0.05) is 13.0 Å². The van der Waals surface area contributed by atoms with Crippen molar-refractivity contribution in [1.29, 1.82) is 0 Å². The predicted octanol–water partition coefficient (Wildman–Crippen LogP) is 10.4. The summed E-state index contributed by atoms with van der Waals surface area (Å²) in [5, 5.41) is 26.7. The monoisotopic (exact) mass is 599 g/mol. The lowest BCUT2D eigenvalue weighted by Gasteiger charge is -2.08. The molecular formula is C37H74O5. The summed E-state index contributed by atoms with van der Waals surface area (Å²) in [5.41, 5.74) is 0. The van der Waals surface area contributed by atoms with Crippen LogP contribution >= 0.6 is 0 Å². The van der Waals surface area contributed by atoms with Gasteiger partial charge < -0.3 is 20.1 Å². The third kappa shape index (κ3) is 35.5. The van der Waals surface area contributed by atoms with Gasteiger partial charge in [-0.25, -0.2) is 0 Å². The van der Waals surface area contributed by atoms with Crippen molar-refractivity contribution in [3.63, 3.8) is 0 Å². The number of esters is 1. The quantitative estimate of drug-likeness (QED) is 0.0493. The minimum Gasteiger partial charge on any atom is -0.463 e. The second-order valence-electron chi connectivity index (χ2n) is 13.0. The highest BCUT2D eigenvalue weighted by Crippen LogP contribution is 2.17. The van der Waals surface area contributed by atoms with Crippen LogP contribution in [0, 0.1) is 0 Å². The molecule has 3 N–H and O–H groups in total. The first-order valence-electron chi connectivity index (χ1n) is 18.8. The van der Waals surface area contributed by atoms with E-state index in [0.717, 1.165) is 19.3 Å². The van der Waals surface area contributed by atoms with Crippen molar-refractivity contribution in [1.82, 2.24) is 0 Å². The van der Waals surface area contributed by atoms with E-state index >= 15 is 0 Å². The van der Waals surface area contributed by atoms with Crippen LogP contribution in [-0.2, 0) is 9.53 Å². The fraction of sp³-hybridized carbons (Fsp3) is 0.973. The topological polar surface area (TPSA) is 87.0 Å². The SMILES string of the molecule is O=C(CCCCCCCCCCCCCCCCCCCCCCCCCCCCCCCCCO)OCC(O)CO. The summed E-state index contributed by atoms with van der Waals surface area (Å²) in [7, 11) is 0. The van der Waals surface area contributed by atoms with Crippen molar-refractivity contribution in [3.8, 4) is 0 Å². The highest BCUT2D eigenvalue weighted by atomic mass is 16.5. The summed E-state index contributed by atoms with van der Waals surface area (Å²) < 4.78 is 4.91. The Bertz CT molecular complexity index is 512. The van der Waals surface area contributed by atoms with Crippen molar-refractivity contribution < 1.29 is 24.9 Å². The standard InChI is InChI=1S/C37H74O5/c38-33-31-29-27-25-23-21-19-17-15-13-11-9-7-5-3-1-2-4-6-8-10-12-14-16-18-20-22-24-26-28-30-32-37(41)42-35-36(40)34-39/h36,38-40H,1-35H2. The third-order valence-corrected chi connectivity index (χ3v) is 8.69. The van der Waals surface area contributed by atoms with Gasteiger partial charge in [0.25, 0.3) is 0 Å². The maximum absolute atomic E-state index is 11.5. The molecule has 1 atom stereocenters. The van der Waals surface area contributed by atoms with E-state index < -0.39 is 6.10 Å². The number of hydrogen-bond donors (Lipinski definition) is 3. The molecule has 0 fully saturated rings. The Kier molecular flexibility index (Phi) is 36.0. The van der Waals surface area contributed by atoms with Crippen molar-refractivity contribution in [2.24, 2.45) is 0 Å². The van der Waals surface area contributed by atoms with Crippen LogP contribution in [-0.4, -0.2) is 47.2 Å². The molecule has 0 aromatic carbocycles. The lowest BCUT2D eigenvalue weighted by atomic mass is 10.0. The van der Waals surface area contributed by atoms with Crippen LogP contribution in [0.15, 0.2) is 0 Å². The molecule has 0 bridgehead atoms. The molecule has 0 aliphatic rings. The molecule has 0 saturated heterocycles. The molecular weight excluding hydrogens is 524 g/mol. The molecule has 0 amide bonds. The Morgan fingerprint density at radius 1 is 0.405 bits per heavy atom. The summed E-state index contributed by atoms with van der Waals surface area (Å²) in [4.78, 5) is 11.5. The number of aliphatic hydroxyl groups excluding tert-OH is 3. The van der Waals surface area contributed by atoms with Crippen LogP contribution in [0.2, 0.25) is 0 Å². The molecule has 0 aliphatic carbocycles. The number of unbranched alkanes of at least 4 members (excludes halogenated alkanes) is 30. The Labute approximate surface area is 262 Å². The average Bonchev–Trinajstić information content (AvgIpc) is 3.00. The van der Waals surface area contributed by atoms with E-state index in [0.29, 0.717) is 13.0 Å². The minimum absolute atomic E-state index is 0.105. The summed E-state index contributed by atoms with van der Waals surface area (Å²) in [6.07, 6.45) is 41.3. The Hall–Kier alpha value is -0.650. The molecule has 0 spiro atoms. The van der Waals surface area contributed by atoms with Gasteiger partial charge in [-0.3, -0.25) is 4.79 Å². The van der Waals surface area contributed by atoms with Gasteiger partial charge in [0.15, 0.2) is 0 Å². The predicted molar refractivity (Wildman–Crippen MR) is 179 cm³/mol. The second kappa shape index (κ2) is 36.5. The van der Waals surface area contributed by atoms with Gasteiger partial charge in [0.1, 0.15) is 12.7 Å². The highest BCUT2D eigenvalue weighted by Gasteiger charge is 2.07. The Morgan fingerprint density at radius 3 is 0.881 bits per heavy atom. The van der Waals surface area contributed by atoms with Crippen LogP contribution in [0.1, 0.15) is 205 Å².